The van der Waals surface area contributed by atoms with Gasteiger partial charge in [-0.25, -0.2) is 0 Å². The maximum atomic E-state index is 11.9. The van der Waals surface area contributed by atoms with Crippen molar-refractivity contribution in [2.24, 2.45) is 0 Å². The van der Waals surface area contributed by atoms with Gasteiger partial charge in [-0.2, -0.15) is 0 Å². The number of methoxy groups -OCH3 is 2. The third-order valence-electron chi connectivity index (χ3n) is 5.68. The van der Waals surface area contributed by atoms with Gasteiger partial charge in [0.2, 0.25) is 0 Å². The maximum absolute atomic E-state index is 11.9. The molecule has 0 saturated carbocycles. The molecule has 6 nitrogen and oxygen atoms in total. The van der Waals surface area contributed by atoms with E-state index in [4.69, 9.17) is 18.9 Å². The highest BCUT2D eigenvalue weighted by atomic mass is 16.5. The Morgan fingerprint density at radius 2 is 1.73 bits per heavy atom. The maximum Gasteiger partial charge on any atom is 0.303 e. The molecule has 1 aliphatic rings. The first-order valence-electron chi connectivity index (χ1n) is 11.0. The molecule has 0 fully saturated rings. The molecular weight excluding hydrogens is 418 g/mol. The van der Waals surface area contributed by atoms with Crippen LogP contribution in [0.1, 0.15) is 35.3 Å². The van der Waals surface area contributed by atoms with Gasteiger partial charge in [-0.1, -0.05) is 42.5 Å². The zero-order valence-corrected chi connectivity index (χ0v) is 19.2. The van der Waals surface area contributed by atoms with Crippen LogP contribution in [-0.2, 0) is 29.2 Å². The van der Waals surface area contributed by atoms with Crippen LogP contribution in [0.2, 0.25) is 0 Å². The van der Waals surface area contributed by atoms with Crippen molar-refractivity contribution in [2.45, 2.75) is 32.7 Å². The number of hydrogen-bond acceptors (Lipinski definition) is 6. The lowest BCUT2D eigenvalue weighted by atomic mass is 9.95. The monoisotopic (exact) mass is 447 g/mol. The van der Waals surface area contributed by atoms with E-state index in [1.54, 1.807) is 14.2 Å². The fourth-order valence-electron chi connectivity index (χ4n) is 4.15. The molecule has 6 heteroatoms. The van der Waals surface area contributed by atoms with Gasteiger partial charge in [0.05, 0.1) is 14.2 Å². The molecule has 0 spiro atoms. The van der Waals surface area contributed by atoms with Gasteiger partial charge in [0.1, 0.15) is 18.5 Å². The Labute approximate surface area is 194 Å². The van der Waals surface area contributed by atoms with Crippen molar-refractivity contribution < 1.29 is 23.7 Å². The minimum Gasteiger partial charge on any atom is -0.497 e. The largest absolute Gasteiger partial charge is 0.497 e. The van der Waals surface area contributed by atoms with Crippen molar-refractivity contribution in [2.75, 3.05) is 20.8 Å². The molecule has 1 unspecified atom stereocenters. The topological polar surface area (TPSA) is 57.2 Å². The molecule has 0 radical (unpaired) electrons. The molecule has 4 rings (SSSR count). The van der Waals surface area contributed by atoms with Gasteiger partial charge < -0.3 is 18.9 Å². The van der Waals surface area contributed by atoms with E-state index in [0.717, 1.165) is 28.0 Å². The van der Waals surface area contributed by atoms with E-state index in [-0.39, 0.29) is 12.1 Å². The molecule has 0 bridgehead atoms. The van der Waals surface area contributed by atoms with Gasteiger partial charge in [0.25, 0.3) is 0 Å². The predicted octanol–water partition coefficient (Wildman–Crippen LogP) is 4.90. The second kappa shape index (κ2) is 10.4. The van der Waals surface area contributed by atoms with E-state index in [0.29, 0.717) is 37.7 Å². The number of ether oxygens (including phenoxy) is 4. The van der Waals surface area contributed by atoms with Gasteiger partial charge in [0, 0.05) is 32.1 Å². The van der Waals surface area contributed by atoms with Crippen LogP contribution in [0.5, 0.6) is 17.2 Å². The average molecular weight is 448 g/mol. The SMILES string of the molecule is COc1cccc(CN2Cc3cc(OC)c(OCc4ccccc4)cc3C(OC(C)=O)C2)c1. The normalized spacial score (nSPS) is 15.4. The first kappa shape index (κ1) is 22.7. The second-order valence-corrected chi connectivity index (χ2v) is 8.10. The van der Waals surface area contributed by atoms with Crippen molar-refractivity contribution in [1.82, 2.24) is 4.90 Å². The van der Waals surface area contributed by atoms with Crippen molar-refractivity contribution in [3.8, 4) is 17.2 Å². The van der Waals surface area contributed by atoms with Crippen molar-refractivity contribution >= 4 is 5.97 Å². The third-order valence-corrected chi connectivity index (χ3v) is 5.68. The molecule has 33 heavy (non-hydrogen) atoms. The van der Waals surface area contributed by atoms with E-state index < -0.39 is 0 Å². The lowest BCUT2D eigenvalue weighted by Gasteiger charge is -2.34. The molecule has 1 atom stereocenters. The summed E-state index contributed by atoms with van der Waals surface area (Å²) in [6, 6.07) is 21.9. The van der Waals surface area contributed by atoms with Crippen LogP contribution in [0.25, 0.3) is 0 Å². The lowest BCUT2D eigenvalue weighted by Crippen LogP contribution is -2.35. The van der Waals surface area contributed by atoms with Crippen LogP contribution in [0.3, 0.4) is 0 Å². The molecule has 0 N–H and O–H groups in total. The molecule has 0 aliphatic carbocycles. The van der Waals surface area contributed by atoms with Gasteiger partial charge in [-0.05, 0) is 41.0 Å². The quantitative estimate of drug-likeness (QED) is 0.458. The number of carbonyl (C=O) groups is 1. The van der Waals surface area contributed by atoms with Gasteiger partial charge in [0.15, 0.2) is 11.5 Å². The Hall–Kier alpha value is -3.51. The summed E-state index contributed by atoms with van der Waals surface area (Å²) in [4.78, 5) is 14.1. The number of benzene rings is 3. The first-order chi connectivity index (χ1) is 16.1. The lowest BCUT2D eigenvalue weighted by molar-refractivity contribution is -0.148. The number of nitrogens with zero attached hydrogens (tertiary/aromatic N) is 1. The minimum absolute atomic E-state index is 0.309. The third kappa shape index (κ3) is 5.65. The van der Waals surface area contributed by atoms with Crippen molar-refractivity contribution in [1.29, 1.82) is 0 Å². The van der Waals surface area contributed by atoms with E-state index in [2.05, 4.69) is 11.0 Å². The Morgan fingerprint density at radius 1 is 0.939 bits per heavy atom. The summed E-state index contributed by atoms with van der Waals surface area (Å²) >= 11 is 0. The van der Waals surface area contributed by atoms with Crippen molar-refractivity contribution in [3.63, 3.8) is 0 Å². The molecule has 1 aliphatic heterocycles. The predicted molar refractivity (Wildman–Crippen MR) is 125 cm³/mol. The summed E-state index contributed by atoms with van der Waals surface area (Å²) in [6.45, 7) is 3.88. The van der Waals surface area contributed by atoms with Crippen LogP contribution in [-0.4, -0.2) is 31.6 Å². The zero-order chi connectivity index (χ0) is 23.2. The summed E-state index contributed by atoms with van der Waals surface area (Å²) in [6.07, 6.45) is -0.387. The molecule has 3 aromatic rings. The van der Waals surface area contributed by atoms with Crippen LogP contribution >= 0.6 is 0 Å². The highest BCUT2D eigenvalue weighted by Gasteiger charge is 2.29. The smallest absolute Gasteiger partial charge is 0.303 e. The highest BCUT2D eigenvalue weighted by Crippen LogP contribution is 2.39. The van der Waals surface area contributed by atoms with Gasteiger partial charge in [-0.3, -0.25) is 9.69 Å². The summed E-state index contributed by atoms with van der Waals surface area (Å²) in [5.74, 6) is 1.81. The Bertz CT molecular complexity index is 1100. The first-order valence-corrected chi connectivity index (χ1v) is 11.0. The van der Waals surface area contributed by atoms with Crippen LogP contribution in [0, 0.1) is 0 Å². The van der Waals surface area contributed by atoms with E-state index in [9.17, 15) is 4.79 Å². The molecule has 3 aromatic carbocycles. The van der Waals surface area contributed by atoms with E-state index >= 15 is 0 Å². The molecule has 0 saturated heterocycles. The van der Waals surface area contributed by atoms with Crippen LogP contribution in [0.15, 0.2) is 66.7 Å². The second-order valence-electron chi connectivity index (χ2n) is 8.10. The Balaban J connectivity index is 1.59. The number of rotatable bonds is 8. The van der Waals surface area contributed by atoms with Crippen molar-refractivity contribution in [3.05, 3.63) is 89.0 Å². The Kier molecular flexibility index (Phi) is 7.15. The fraction of sp³-hybridized carbons (Fsp3) is 0.296. The summed E-state index contributed by atoms with van der Waals surface area (Å²) < 4.78 is 22.8. The Morgan fingerprint density at radius 3 is 2.45 bits per heavy atom. The molecule has 0 amide bonds. The standard InChI is InChI=1S/C27H29NO5/c1-19(29)33-27-17-28(15-21-10-7-11-23(12-21)30-2)16-22-13-25(31-3)26(14-24(22)27)32-18-20-8-5-4-6-9-20/h4-14,27H,15-18H2,1-3H3. The molecule has 172 valence electrons. The average Bonchev–Trinajstić information content (AvgIpc) is 2.82. The van der Waals surface area contributed by atoms with Crippen LogP contribution < -0.4 is 14.2 Å². The van der Waals surface area contributed by atoms with E-state index in [1.807, 2.05) is 60.7 Å². The number of fused-ring (bicyclic) bond motifs is 1. The van der Waals surface area contributed by atoms with E-state index in [1.165, 1.54) is 6.92 Å². The zero-order valence-electron chi connectivity index (χ0n) is 19.2. The number of esters is 1. The highest BCUT2D eigenvalue weighted by molar-refractivity contribution is 5.66. The molecular formula is C27H29NO5. The summed E-state index contributed by atoms with van der Waals surface area (Å²) in [7, 11) is 3.30. The number of hydrogen-bond donors (Lipinski definition) is 0. The molecule has 1 heterocycles. The number of carbonyl (C=O) groups excluding carboxylic acids is 1. The minimum atomic E-state index is -0.387. The van der Waals surface area contributed by atoms with Gasteiger partial charge in [-0.15, -0.1) is 0 Å². The summed E-state index contributed by atoms with van der Waals surface area (Å²) in [5, 5.41) is 0. The molecule has 0 aromatic heterocycles. The van der Waals surface area contributed by atoms with Gasteiger partial charge >= 0.3 is 5.97 Å². The fourth-order valence-corrected chi connectivity index (χ4v) is 4.15. The summed E-state index contributed by atoms with van der Waals surface area (Å²) in [5.41, 5.74) is 4.21. The van der Waals surface area contributed by atoms with Crippen LogP contribution in [0.4, 0.5) is 0 Å².